The monoisotopic (exact) mass is 194 g/mol. The van der Waals surface area contributed by atoms with Crippen LogP contribution in [-0.4, -0.2) is 30.0 Å². The van der Waals surface area contributed by atoms with Crippen molar-refractivity contribution in [1.82, 2.24) is 9.88 Å². The molecule has 0 N–H and O–H groups in total. The first-order valence-corrected chi connectivity index (χ1v) is 5.44. The Morgan fingerprint density at radius 3 is 2.92 bits per heavy atom. The molecule has 0 radical (unpaired) electrons. The van der Waals surface area contributed by atoms with E-state index >= 15 is 0 Å². The molecule has 0 spiro atoms. The summed E-state index contributed by atoms with van der Waals surface area (Å²) in [4.78, 5) is 6.81. The molecule has 2 rings (SSSR count). The van der Waals surface area contributed by atoms with Crippen molar-refractivity contribution in [3.8, 4) is 0 Å². The summed E-state index contributed by atoms with van der Waals surface area (Å²) in [6, 6.07) is 0. The first-order valence-electron chi connectivity index (χ1n) is 4.56. The van der Waals surface area contributed by atoms with Crippen molar-refractivity contribution in [3.05, 3.63) is 22.2 Å². The van der Waals surface area contributed by atoms with Gasteiger partial charge < -0.3 is 4.90 Å². The number of hydrogen-bond donors (Lipinski definition) is 0. The molecule has 1 aliphatic rings. The topological polar surface area (TPSA) is 16.1 Å². The van der Waals surface area contributed by atoms with Crippen molar-refractivity contribution >= 4 is 16.9 Å². The third-order valence-electron chi connectivity index (χ3n) is 2.31. The zero-order valence-electron chi connectivity index (χ0n) is 8.08. The highest BCUT2D eigenvalue weighted by atomic mass is 32.1. The average molecular weight is 194 g/mol. The van der Waals surface area contributed by atoms with Crippen LogP contribution >= 0.6 is 11.3 Å². The predicted octanol–water partition coefficient (Wildman–Crippen LogP) is 2.17. The Morgan fingerprint density at radius 2 is 2.38 bits per heavy atom. The maximum atomic E-state index is 4.49. The zero-order chi connectivity index (χ0) is 9.26. The molecule has 0 bridgehead atoms. The standard InChI is InChI=1S/C10H14N2S/c1-8-7-13-10(11-8)9-3-5-12(2)6-4-9/h3,7H,4-6H2,1-2H3. The number of hydrogen-bond acceptors (Lipinski definition) is 3. The SMILES string of the molecule is Cc1csc(C2=CCN(C)CC2)n1. The van der Waals surface area contributed by atoms with E-state index in [9.17, 15) is 0 Å². The minimum atomic E-state index is 1.06. The summed E-state index contributed by atoms with van der Waals surface area (Å²) in [5, 5.41) is 3.33. The molecule has 0 aliphatic carbocycles. The summed E-state index contributed by atoms with van der Waals surface area (Å²) in [6.45, 7) is 4.27. The largest absolute Gasteiger partial charge is 0.302 e. The second-order valence-corrected chi connectivity index (χ2v) is 4.39. The molecule has 0 fully saturated rings. The molecule has 0 saturated carbocycles. The van der Waals surface area contributed by atoms with Crippen LogP contribution in [0.5, 0.6) is 0 Å². The van der Waals surface area contributed by atoms with Gasteiger partial charge in [0.05, 0.1) is 0 Å². The van der Waals surface area contributed by atoms with Gasteiger partial charge in [-0.25, -0.2) is 4.98 Å². The Balaban J connectivity index is 2.18. The quantitative estimate of drug-likeness (QED) is 0.681. The van der Waals surface area contributed by atoms with Crippen LogP contribution in [0.4, 0.5) is 0 Å². The lowest BCUT2D eigenvalue weighted by atomic mass is 10.1. The van der Waals surface area contributed by atoms with Gasteiger partial charge in [-0.15, -0.1) is 11.3 Å². The van der Waals surface area contributed by atoms with E-state index in [1.165, 1.54) is 10.6 Å². The van der Waals surface area contributed by atoms with Crippen molar-refractivity contribution in [2.75, 3.05) is 20.1 Å². The molecule has 0 atom stereocenters. The third kappa shape index (κ3) is 1.98. The van der Waals surface area contributed by atoms with Gasteiger partial charge in [-0.3, -0.25) is 0 Å². The predicted molar refractivity (Wildman–Crippen MR) is 56.9 cm³/mol. The van der Waals surface area contributed by atoms with E-state index in [0.717, 1.165) is 25.2 Å². The van der Waals surface area contributed by atoms with E-state index in [1.807, 2.05) is 0 Å². The molecular weight excluding hydrogens is 180 g/mol. The van der Waals surface area contributed by atoms with E-state index in [2.05, 4.69) is 35.3 Å². The molecule has 2 heterocycles. The second-order valence-electron chi connectivity index (χ2n) is 3.54. The van der Waals surface area contributed by atoms with Crippen molar-refractivity contribution in [2.45, 2.75) is 13.3 Å². The van der Waals surface area contributed by atoms with Gasteiger partial charge in [0.2, 0.25) is 0 Å². The highest BCUT2D eigenvalue weighted by Gasteiger charge is 2.11. The van der Waals surface area contributed by atoms with Gasteiger partial charge in [0, 0.05) is 24.2 Å². The smallest absolute Gasteiger partial charge is 0.119 e. The highest BCUT2D eigenvalue weighted by molar-refractivity contribution is 7.10. The van der Waals surface area contributed by atoms with Crippen LogP contribution in [0.3, 0.4) is 0 Å². The van der Waals surface area contributed by atoms with Crippen LogP contribution < -0.4 is 0 Å². The van der Waals surface area contributed by atoms with Crippen molar-refractivity contribution in [2.24, 2.45) is 0 Å². The number of aryl methyl sites for hydroxylation is 1. The first-order chi connectivity index (χ1) is 6.25. The Labute approximate surface area is 82.9 Å². The number of aromatic nitrogens is 1. The molecule has 0 unspecified atom stereocenters. The molecule has 1 aliphatic heterocycles. The summed E-state index contributed by atoms with van der Waals surface area (Å²) in [5.74, 6) is 0. The van der Waals surface area contributed by atoms with E-state index in [-0.39, 0.29) is 0 Å². The molecule has 70 valence electrons. The molecule has 1 aromatic heterocycles. The van der Waals surface area contributed by atoms with Gasteiger partial charge in [0.25, 0.3) is 0 Å². The van der Waals surface area contributed by atoms with Crippen LogP contribution in [0.25, 0.3) is 5.57 Å². The van der Waals surface area contributed by atoms with Crippen molar-refractivity contribution in [1.29, 1.82) is 0 Å². The van der Waals surface area contributed by atoms with Crippen molar-refractivity contribution < 1.29 is 0 Å². The Kier molecular flexibility index (Phi) is 2.47. The number of rotatable bonds is 1. The van der Waals surface area contributed by atoms with Crippen LogP contribution in [0.2, 0.25) is 0 Å². The minimum Gasteiger partial charge on any atom is -0.302 e. The summed E-state index contributed by atoms with van der Waals surface area (Å²) in [7, 11) is 2.15. The van der Waals surface area contributed by atoms with Gasteiger partial charge in [-0.1, -0.05) is 6.08 Å². The van der Waals surface area contributed by atoms with Crippen LogP contribution in [0, 0.1) is 6.92 Å². The molecule has 0 saturated heterocycles. The fourth-order valence-electron chi connectivity index (χ4n) is 1.47. The van der Waals surface area contributed by atoms with Crippen LogP contribution in [0.15, 0.2) is 11.5 Å². The molecule has 13 heavy (non-hydrogen) atoms. The lowest BCUT2D eigenvalue weighted by molar-refractivity contribution is 0.370. The summed E-state index contributed by atoms with van der Waals surface area (Å²) in [6.07, 6.45) is 3.44. The average Bonchev–Trinajstić information content (AvgIpc) is 2.53. The number of likely N-dealkylation sites (N-methyl/N-ethyl adjacent to an activating group) is 1. The molecule has 2 nitrogen and oxygen atoms in total. The van der Waals surface area contributed by atoms with E-state index < -0.39 is 0 Å². The maximum absolute atomic E-state index is 4.49. The molecule has 0 amide bonds. The Hall–Kier alpha value is -0.670. The fourth-order valence-corrected chi connectivity index (χ4v) is 2.33. The lowest BCUT2D eigenvalue weighted by Crippen LogP contribution is -2.23. The molecule has 3 heteroatoms. The molecule has 1 aromatic rings. The van der Waals surface area contributed by atoms with Crippen LogP contribution in [-0.2, 0) is 0 Å². The van der Waals surface area contributed by atoms with Crippen LogP contribution in [0.1, 0.15) is 17.1 Å². The van der Waals surface area contributed by atoms with Gasteiger partial charge >= 0.3 is 0 Å². The fraction of sp³-hybridized carbons (Fsp3) is 0.500. The number of nitrogens with zero attached hydrogens (tertiary/aromatic N) is 2. The van der Waals surface area contributed by atoms with E-state index in [1.54, 1.807) is 11.3 Å². The first kappa shape index (κ1) is 8.91. The van der Waals surface area contributed by atoms with Gasteiger partial charge in [0.15, 0.2) is 0 Å². The third-order valence-corrected chi connectivity index (χ3v) is 3.34. The Morgan fingerprint density at radius 1 is 1.54 bits per heavy atom. The van der Waals surface area contributed by atoms with Crippen molar-refractivity contribution in [3.63, 3.8) is 0 Å². The van der Waals surface area contributed by atoms with Gasteiger partial charge in [-0.05, 0) is 26.0 Å². The highest BCUT2D eigenvalue weighted by Crippen LogP contribution is 2.24. The summed E-state index contributed by atoms with van der Waals surface area (Å²) >= 11 is 1.76. The summed E-state index contributed by atoms with van der Waals surface area (Å²) < 4.78 is 0. The van der Waals surface area contributed by atoms with Gasteiger partial charge in [-0.2, -0.15) is 0 Å². The van der Waals surface area contributed by atoms with Gasteiger partial charge in [0.1, 0.15) is 5.01 Å². The van der Waals surface area contributed by atoms with E-state index in [4.69, 9.17) is 0 Å². The number of thiazole rings is 1. The zero-order valence-corrected chi connectivity index (χ0v) is 8.90. The molecule has 0 aromatic carbocycles. The summed E-state index contributed by atoms with van der Waals surface area (Å²) in [5.41, 5.74) is 2.57. The molecular formula is C10H14N2S. The normalized spacial score (nSPS) is 18.8. The second kappa shape index (κ2) is 3.60. The minimum absolute atomic E-state index is 1.06. The lowest BCUT2D eigenvalue weighted by Gasteiger charge is -2.20. The van der Waals surface area contributed by atoms with E-state index in [0.29, 0.717) is 0 Å². The Bertz CT molecular complexity index is 327. The maximum Gasteiger partial charge on any atom is 0.119 e.